The minimum atomic E-state index is -4.33. The summed E-state index contributed by atoms with van der Waals surface area (Å²) in [5.41, 5.74) is -0.422. The molecule has 1 heterocycles. The maximum atomic E-state index is 15.0. The maximum Gasteiger partial charge on any atom is 0.306 e. The summed E-state index contributed by atoms with van der Waals surface area (Å²) in [7, 11) is -4.33. The molecule has 2 aliphatic rings. The Labute approximate surface area is 171 Å². The lowest BCUT2D eigenvalue weighted by Gasteiger charge is -2.49. The van der Waals surface area contributed by atoms with Crippen molar-refractivity contribution in [1.82, 2.24) is 0 Å². The van der Waals surface area contributed by atoms with Gasteiger partial charge in [0.05, 0.1) is 23.0 Å². The van der Waals surface area contributed by atoms with Gasteiger partial charge in [0, 0.05) is 10.9 Å². The highest BCUT2D eigenvalue weighted by molar-refractivity contribution is 7.92. The van der Waals surface area contributed by atoms with Gasteiger partial charge < -0.3 is 9.84 Å². The first-order chi connectivity index (χ1) is 13.7. The maximum absolute atomic E-state index is 15.0. The van der Waals surface area contributed by atoms with Crippen molar-refractivity contribution < 1.29 is 31.8 Å². The Morgan fingerprint density at radius 3 is 2.45 bits per heavy atom. The fraction of sp³-hybridized carbons (Fsp3) is 0.350. The minimum Gasteiger partial charge on any atom is -0.490 e. The molecule has 29 heavy (non-hydrogen) atoms. The van der Waals surface area contributed by atoms with Crippen LogP contribution in [0.15, 0.2) is 41.3 Å². The molecule has 4 rings (SSSR count). The zero-order valence-corrected chi connectivity index (χ0v) is 16.6. The van der Waals surface area contributed by atoms with E-state index in [1.807, 2.05) is 0 Å². The topological polar surface area (TPSA) is 80.7 Å². The summed E-state index contributed by atoms with van der Waals surface area (Å²) in [6.07, 6.45) is 0.423. The van der Waals surface area contributed by atoms with E-state index in [2.05, 4.69) is 0 Å². The fourth-order valence-corrected chi connectivity index (χ4v) is 7.23. The number of carboxylic acid groups (broad SMARTS) is 1. The number of rotatable bonds is 3. The van der Waals surface area contributed by atoms with E-state index in [0.29, 0.717) is 5.02 Å². The van der Waals surface area contributed by atoms with Crippen LogP contribution in [0.2, 0.25) is 5.02 Å². The highest BCUT2D eigenvalue weighted by Crippen LogP contribution is 2.58. The third-order valence-electron chi connectivity index (χ3n) is 5.96. The van der Waals surface area contributed by atoms with Crippen LogP contribution in [-0.4, -0.2) is 26.1 Å². The molecule has 2 aromatic carbocycles. The van der Waals surface area contributed by atoms with E-state index in [1.165, 1.54) is 24.3 Å². The Morgan fingerprint density at radius 2 is 1.79 bits per heavy atom. The Morgan fingerprint density at radius 1 is 1.14 bits per heavy atom. The third-order valence-corrected chi connectivity index (χ3v) is 8.77. The molecular weight excluding hydrogens is 426 g/mol. The van der Waals surface area contributed by atoms with Crippen molar-refractivity contribution in [3.63, 3.8) is 0 Å². The van der Waals surface area contributed by atoms with Crippen molar-refractivity contribution in [1.29, 1.82) is 0 Å². The van der Waals surface area contributed by atoms with E-state index >= 15 is 4.39 Å². The van der Waals surface area contributed by atoms with Crippen molar-refractivity contribution >= 4 is 27.4 Å². The third kappa shape index (κ3) is 2.84. The highest BCUT2D eigenvalue weighted by Gasteiger charge is 2.62. The molecule has 0 spiro atoms. The van der Waals surface area contributed by atoms with Crippen LogP contribution in [0.1, 0.15) is 24.8 Å². The van der Waals surface area contributed by atoms with Crippen molar-refractivity contribution in [3.8, 4) is 5.75 Å². The molecule has 1 aliphatic heterocycles. The van der Waals surface area contributed by atoms with E-state index in [4.69, 9.17) is 16.3 Å². The van der Waals surface area contributed by atoms with E-state index in [1.54, 1.807) is 0 Å². The molecule has 0 aromatic heterocycles. The molecule has 0 amide bonds. The van der Waals surface area contributed by atoms with Crippen molar-refractivity contribution in [3.05, 3.63) is 58.6 Å². The molecule has 3 atom stereocenters. The molecule has 9 heteroatoms. The van der Waals surface area contributed by atoms with Crippen molar-refractivity contribution in [2.24, 2.45) is 11.8 Å². The minimum absolute atomic E-state index is 0.0386. The first-order valence-electron chi connectivity index (χ1n) is 9.04. The summed E-state index contributed by atoms with van der Waals surface area (Å²) in [6, 6.07) is 7.08. The molecular formula is C20H17ClF2O5S. The zero-order chi connectivity index (χ0) is 21.0. The smallest absolute Gasteiger partial charge is 0.306 e. The van der Waals surface area contributed by atoms with Gasteiger partial charge in [0.15, 0.2) is 21.4 Å². The summed E-state index contributed by atoms with van der Waals surface area (Å²) < 4.78 is 60.7. The van der Waals surface area contributed by atoms with Gasteiger partial charge in [0.2, 0.25) is 0 Å². The molecule has 154 valence electrons. The van der Waals surface area contributed by atoms with Gasteiger partial charge in [-0.05, 0) is 49.2 Å². The first kappa shape index (κ1) is 20.1. The number of hydrogen-bond acceptors (Lipinski definition) is 4. The van der Waals surface area contributed by atoms with Gasteiger partial charge in [0.25, 0.3) is 0 Å². The van der Waals surface area contributed by atoms with E-state index in [9.17, 15) is 22.7 Å². The number of ether oxygens (including phenoxy) is 1. The molecule has 5 nitrogen and oxygen atoms in total. The van der Waals surface area contributed by atoms with Crippen LogP contribution >= 0.6 is 11.6 Å². The Bertz CT molecular complexity index is 1090. The standard InChI is InChI=1S/C20H17ClF2O5S/c21-11-3-5-12(6-4-11)29(26,27)20-9-1-2-13(19(24)25)14(20)10-28-18-16(23)8-7-15(22)17(18)20/h3-8,13-14H,1-2,9-10H2,(H,24,25)/t13-,14+,20+/m1/s1. The van der Waals surface area contributed by atoms with E-state index in [0.717, 1.165) is 12.1 Å². The van der Waals surface area contributed by atoms with Crippen LogP contribution in [0.25, 0.3) is 0 Å². The summed E-state index contributed by atoms with van der Waals surface area (Å²) >= 11 is 5.87. The number of sulfone groups is 1. The Kier molecular flexibility index (Phi) is 4.82. The predicted molar refractivity (Wildman–Crippen MR) is 101 cm³/mol. The lowest BCUT2D eigenvalue weighted by molar-refractivity contribution is -0.146. The SMILES string of the molecule is O=C(O)[C@@H]1CCC[C@@]2(S(=O)(=O)c3ccc(Cl)cc3)c3c(F)ccc(F)c3OC[C@@H]12. The van der Waals surface area contributed by atoms with Crippen LogP contribution in [0.4, 0.5) is 8.78 Å². The van der Waals surface area contributed by atoms with Gasteiger partial charge in [-0.2, -0.15) is 0 Å². The molecule has 1 aliphatic carbocycles. The van der Waals surface area contributed by atoms with Crippen LogP contribution in [0.5, 0.6) is 5.75 Å². The van der Waals surface area contributed by atoms with Gasteiger partial charge in [-0.3, -0.25) is 4.79 Å². The Balaban J connectivity index is 2.05. The van der Waals surface area contributed by atoms with Crippen LogP contribution in [0.3, 0.4) is 0 Å². The number of carbonyl (C=O) groups is 1. The second-order valence-corrected chi connectivity index (χ2v) is 9.98. The number of benzene rings is 2. The molecule has 0 bridgehead atoms. The fourth-order valence-electron chi connectivity index (χ4n) is 4.69. The predicted octanol–water partition coefficient (Wildman–Crippen LogP) is 4.18. The van der Waals surface area contributed by atoms with Crippen molar-refractivity contribution in [2.75, 3.05) is 6.61 Å². The number of halogens is 3. The van der Waals surface area contributed by atoms with Gasteiger partial charge >= 0.3 is 5.97 Å². The van der Waals surface area contributed by atoms with Crippen LogP contribution < -0.4 is 4.74 Å². The van der Waals surface area contributed by atoms with Gasteiger partial charge in [-0.1, -0.05) is 18.0 Å². The van der Waals surface area contributed by atoms with Gasteiger partial charge in [0.1, 0.15) is 10.6 Å². The number of hydrogen-bond donors (Lipinski definition) is 1. The number of aliphatic carboxylic acids is 1. The lowest BCUT2D eigenvalue weighted by atomic mass is 9.67. The van der Waals surface area contributed by atoms with E-state index < -0.39 is 55.3 Å². The molecule has 1 fully saturated rings. The molecule has 0 unspecified atom stereocenters. The average Bonchev–Trinajstić information content (AvgIpc) is 2.69. The van der Waals surface area contributed by atoms with Crippen LogP contribution in [-0.2, 0) is 19.4 Å². The highest BCUT2D eigenvalue weighted by atomic mass is 35.5. The average molecular weight is 443 g/mol. The first-order valence-corrected chi connectivity index (χ1v) is 10.9. The van der Waals surface area contributed by atoms with Gasteiger partial charge in [-0.25, -0.2) is 17.2 Å². The summed E-state index contributed by atoms with van der Waals surface area (Å²) in [5, 5.41) is 10.0. The summed E-state index contributed by atoms with van der Waals surface area (Å²) in [5.74, 6) is -5.61. The quantitative estimate of drug-likeness (QED) is 0.771. The molecule has 0 saturated heterocycles. The molecule has 2 aromatic rings. The monoisotopic (exact) mass is 442 g/mol. The summed E-state index contributed by atoms with van der Waals surface area (Å²) in [6.45, 7) is -0.336. The Hall–Kier alpha value is -2.19. The largest absolute Gasteiger partial charge is 0.490 e. The van der Waals surface area contributed by atoms with Crippen molar-refractivity contribution in [2.45, 2.75) is 28.9 Å². The molecule has 1 N–H and O–H groups in total. The normalized spacial score (nSPS) is 26.2. The molecule has 1 saturated carbocycles. The lowest BCUT2D eigenvalue weighted by Crippen LogP contribution is -2.55. The van der Waals surface area contributed by atoms with Gasteiger partial charge in [-0.15, -0.1) is 0 Å². The second kappa shape index (κ2) is 6.95. The second-order valence-electron chi connectivity index (χ2n) is 7.33. The summed E-state index contributed by atoms with van der Waals surface area (Å²) in [4.78, 5) is 11.8. The number of carboxylic acids is 1. The zero-order valence-electron chi connectivity index (χ0n) is 15.1. The van der Waals surface area contributed by atoms with Crippen LogP contribution in [0, 0.1) is 23.5 Å². The number of fused-ring (bicyclic) bond motifs is 3. The van der Waals surface area contributed by atoms with E-state index in [-0.39, 0.29) is 30.8 Å². The molecule has 0 radical (unpaired) electrons.